The fourth-order valence-electron chi connectivity index (χ4n) is 1.98. The van der Waals surface area contributed by atoms with E-state index in [4.69, 9.17) is 4.74 Å². The van der Waals surface area contributed by atoms with E-state index >= 15 is 0 Å². The number of aromatic nitrogens is 2. The van der Waals surface area contributed by atoms with Gasteiger partial charge in [-0.1, -0.05) is 17.3 Å². The minimum Gasteiger partial charge on any atom is -0.444 e. The topological polar surface area (TPSA) is 64.1 Å². The molecule has 0 saturated heterocycles. The summed E-state index contributed by atoms with van der Waals surface area (Å²) in [5.74, 6) is 6.18. The Morgan fingerprint density at radius 3 is 2.72 bits per heavy atom. The zero-order valence-corrected chi connectivity index (χ0v) is 16.0. The lowest BCUT2D eigenvalue weighted by Gasteiger charge is -2.18. The Labute approximate surface area is 154 Å². The first-order valence-electron chi connectivity index (χ1n) is 7.63. The molecule has 0 fully saturated rings. The fourth-order valence-corrected chi connectivity index (χ4v) is 3.52. The molecule has 128 valence electrons. The number of anilines is 1. The van der Waals surface area contributed by atoms with Gasteiger partial charge in [-0.2, -0.15) is 0 Å². The number of fused-ring (bicyclic) bond motifs is 1. The first-order chi connectivity index (χ1) is 11.8. The van der Waals surface area contributed by atoms with Crippen LogP contribution in [0.3, 0.4) is 0 Å². The van der Waals surface area contributed by atoms with Crippen molar-refractivity contribution < 1.29 is 9.53 Å². The fraction of sp³-hybridized carbons (Fsp3) is 0.278. The molecule has 0 radical (unpaired) electrons. The summed E-state index contributed by atoms with van der Waals surface area (Å²) in [7, 11) is 0. The summed E-state index contributed by atoms with van der Waals surface area (Å²) in [5, 5.41) is 5.95. The molecule has 2 aromatic heterocycles. The molecular weight excluding hydrogens is 354 g/mol. The van der Waals surface area contributed by atoms with Crippen molar-refractivity contribution in [1.29, 1.82) is 0 Å². The first kappa shape index (κ1) is 17.4. The maximum Gasteiger partial charge on any atom is 0.413 e. The number of amides is 1. The van der Waals surface area contributed by atoms with Crippen LogP contribution in [0.5, 0.6) is 0 Å². The van der Waals surface area contributed by atoms with Crippen LogP contribution in [0, 0.1) is 18.8 Å². The van der Waals surface area contributed by atoms with Crippen LogP contribution in [0.15, 0.2) is 23.6 Å². The van der Waals surface area contributed by atoms with E-state index in [1.807, 2.05) is 51.3 Å². The number of nitrogens with one attached hydrogen (secondary N) is 1. The quantitative estimate of drug-likeness (QED) is 0.624. The minimum atomic E-state index is -0.544. The molecule has 0 spiro atoms. The van der Waals surface area contributed by atoms with Crippen LogP contribution >= 0.6 is 22.7 Å². The van der Waals surface area contributed by atoms with Crippen molar-refractivity contribution in [3.05, 3.63) is 39.8 Å². The monoisotopic (exact) mass is 371 g/mol. The molecular formula is C18H17N3O2S2. The molecule has 0 bridgehead atoms. The van der Waals surface area contributed by atoms with Crippen LogP contribution in [0.2, 0.25) is 0 Å². The highest BCUT2D eigenvalue weighted by atomic mass is 32.1. The van der Waals surface area contributed by atoms with Crippen LogP contribution < -0.4 is 5.32 Å². The molecule has 3 aromatic rings. The van der Waals surface area contributed by atoms with Gasteiger partial charge >= 0.3 is 6.09 Å². The van der Waals surface area contributed by atoms with Crippen molar-refractivity contribution in [2.75, 3.05) is 5.32 Å². The Morgan fingerprint density at radius 2 is 2.04 bits per heavy atom. The maximum atomic E-state index is 11.8. The molecule has 2 heterocycles. The molecule has 0 aliphatic carbocycles. The Bertz CT molecular complexity index is 987. The van der Waals surface area contributed by atoms with Gasteiger partial charge in [0, 0.05) is 16.6 Å². The summed E-state index contributed by atoms with van der Waals surface area (Å²) in [6, 6.07) is 5.76. The van der Waals surface area contributed by atoms with E-state index < -0.39 is 11.7 Å². The molecule has 0 saturated carbocycles. The van der Waals surface area contributed by atoms with E-state index in [2.05, 4.69) is 27.1 Å². The summed E-state index contributed by atoms with van der Waals surface area (Å²) < 4.78 is 6.19. The number of aryl methyl sites for hydroxylation is 1. The van der Waals surface area contributed by atoms with Crippen molar-refractivity contribution in [2.45, 2.75) is 33.3 Å². The average Bonchev–Trinajstić information content (AvgIpc) is 3.07. The highest BCUT2D eigenvalue weighted by Gasteiger charge is 2.17. The van der Waals surface area contributed by atoms with Gasteiger partial charge in [-0.3, -0.25) is 5.32 Å². The third-order valence-corrected chi connectivity index (χ3v) is 4.74. The van der Waals surface area contributed by atoms with Gasteiger partial charge in [-0.05, 0) is 51.8 Å². The van der Waals surface area contributed by atoms with Gasteiger partial charge in [0.25, 0.3) is 0 Å². The largest absolute Gasteiger partial charge is 0.444 e. The predicted molar refractivity (Wildman–Crippen MR) is 102 cm³/mol. The molecule has 0 aliphatic rings. The molecule has 1 aromatic carbocycles. The zero-order valence-electron chi connectivity index (χ0n) is 14.3. The molecule has 7 heteroatoms. The lowest BCUT2D eigenvalue weighted by molar-refractivity contribution is 0.0636. The number of ether oxygens (including phenoxy) is 1. The van der Waals surface area contributed by atoms with Crippen LogP contribution in [0.1, 0.15) is 37.0 Å². The van der Waals surface area contributed by atoms with E-state index in [1.165, 1.54) is 22.7 Å². The Hall–Kier alpha value is -2.43. The Kier molecular flexibility index (Phi) is 4.75. The van der Waals surface area contributed by atoms with Crippen molar-refractivity contribution in [2.24, 2.45) is 0 Å². The number of hydrogen-bond acceptors (Lipinski definition) is 6. The summed E-state index contributed by atoms with van der Waals surface area (Å²) in [6.45, 7) is 7.41. The van der Waals surface area contributed by atoms with E-state index in [9.17, 15) is 4.79 Å². The predicted octanol–water partition coefficient (Wildman–Crippen LogP) is 4.81. The summed E-state index contributed by atoms with van der Waals surface area (Å²) >= 11 is 2.92. The average molecular weight is 371 g/mol. The molecule has 1 amide bonds. The van der Waals surface area contributed by atoms with Gasteiger partial charge in [-0.15, -0.1) is 11.3 Å². The molecule has 3 rings (SSSR count). The lowest BCUT2D eigenvalue weighted by Crippen LogP contribution is -2.27. The van der Waals surface area contributed by atoms with E-state index in [0.717, 1.165) is 26.5 Å². The van der Waals surface area contributed by atoms with Crippen molar-refractivity contribution in [1.82, 2.24) is 9.97 Å². The third kappa shape index (κ3) is 4.78. The normalized spacial score (nSPS) is 11.0. The van der Waals surface area contributed by atoms with Crippen LogP contribution in [0.4, 0.5) is 9.93 Å². The number of carbonyl (C=O) groups is 1. The van der Waals surface area contributed by atoms with Crippen LogP contribution in [-0.4, -0.2) is 21.7 Å². The second-order valence-electron chi connectivity index (χ2n) is 6.37. The van der Waals surface area contributed by atoms with Crippen LogP contribution in [0.25, 0.3) is 10.2 Å². The summed E-state index contributed by atoms with van der Waals surface area (Å²) in [6.07, 6.45) is -0.509. The van der Waals surface area contributed by atoms with Gasteiger partial charge in [0.05, 0.1) is 10.2 Å². The standard InChI is InChI=1S/C18H17N3O2S2/c1-11-10-24-15(19-11)8-6-12-5-7-13-14(9-12)25-16(20-13)21-17(22)23-18(2,3)4/h5,7,9-10H,1-4H3,(H,20,21,22). The zero-order chi connectivity index (χ0) is 18.0. The number of hydrogen-bond donors (Lipinski definition) is 1. The molecule has 1 N–H and O–H groups in total. The Morgan fingerprint density at radius 1 is 1.24 bits per heavy atom. The highest BCUT2D eigenvalue weighted by Crippen LogP contribution is 2.27. The van der Waals surface area contributed by atoms with Gasteiger partial charge in [0.15, 0.2) is 10.1 Å². The summed E-state index contributed by atoms with van der Waals surface area (Å²) in [5.41, 5.74) is 2.13. The SMILES string of the molecule is Cc1csc(C#Cc2ccc3nc(NC(=O)OC(C)(C)C)sc3c2)n1. The number of benzene rings is 1. The lowest BCUT2D eigenvalue weighted by atomic mass is 10.2. The number of thiazole rings is 2. The number of carbonyl (C=O) groups excluding carboxylic acids is 1. The van der Waals surface area contributed by atoms with Crippen molar-refractivity contribution in [3.63, 3.8) is 0 Å². The van der Waals surface area contributed by atoms with Gasteiger partial charge in [0.1, 0.15) is 5.60 Å². The van der Waals surface area contributed by atoms with Crippen LogP contribution in [-0.2, 0) is 4.74 Å². The second-order valence-corrected chi connectivity index (χ2v) is 8.26. The maximum absolute atomic E-state index is 11.8. The smallest absolute Gasteiger partial charge is 0.413 e. The molecule has 5 nitrogen and oxygen atoms in total. The third-order valence-electron chi connectivity index (χ3n) is 2.93. The van der Waals surface area contributed by atoms with E-state index in [0.29, 0.717) is 5.13 Å². The molecule has 0 unspecified atom stereocenters. The van der Waals surface area contributed by atoms with Gasteiger partial charge < -0.3 is 4.74 Å². The number of nitrogens with zero attached hydrogens (tertiary/aromatic N) is 2. The molecule has 0 atom stereocenters. The van der Waals surface area contributed by atoms with Gasteiger partial charge in [0.2, 0.25) is 0 Å². The second kappa shape index (κ2) is 6.82. The van der Waals surface area contributed by atoms with Crippen molar-refractivity contribution >= 4 is 44.1 Å². The molecule has 25 heavy (non-hydrogen) atoms. The van der Waals surface area contributed by atoms with E-state index in [1.54, 1.807) is 0 Å². The Balaban J connectivity index is 1.77. The first-order valence-corrected chi connectivity index (χ1v) is 9.33. The van der Waals surface area contributed by atoms with E-state index in [-0.39, 0.29) is 0 Å². The van der Waals surface area contributed by atoms with Crippen molar-refractivity contribution in [3.8, 4) is 11.8 Å². The molecule has 0 aliphatic heterocycles. The number of rotatable bonds is 1. The van der Waals surface area contributed by atoms with Gasteiger partial charge in [-0.25, -0.2) is 14.8 Å². The summed E-state index contributed by atoms with van der Waals surface area (Å²) in [4.78, 5) is 20.6. The minimum absolute atomic E-state index is 0.505. The highest BCUT2D eigenvalue weighted by molar-refractivity contribution is 7.22.